The minimum absolute atomic E-state index is 0.520. The van der Waals surface area contributed by atoms with Crippen molar-refractivity contribution in [1.82, 2.24) is 14.9 Å². The standard InChI is InChI=1S/C11H17Cl2N5/c1-14-10-8(12)7-9(13)11(15-10)16-18-5-3-17(2)4-6-18/h7H,3-6H2,1-2H3,(H2,14,15,16). The van der Waals surface area contributed by atoms with Crippen molar-refractivity contribution in [3.63, 3.8) is 0 Å². The van der Waals surface area contributed by atoms with Crippen molar-refractivity contribution in [3.05, 3.63) is 16.1 Å². The van der Waals surface area contributed by atoms with Gasteiger partial charge >= 0.3 is 0 Å². The molecule has 1 aliphatic heterocycles. The maximum atomic E-state index is 6.13. The number of anilines is 2. The lowest BCUT2D eigenvalue weighted by Crippen LogP contribution is -2.47. The number of hydrazine groups is 1. The number of pyridine rings is 1. The summed E-state index contributed by atoms with van der Waals surface area (Å²) >= 11 is 12.1. The molecule has 2 heterocycles. The molecule has 1 aliphatic rings. The van der Waals surface area contributed by atoms with Gasteiger partial charge in [0.05, 0.1) is 10.0 Å². The third-order valence-electron chi connectivity index (χ3n) is 2.93. The molecule has 7 heteroatoms. The molecule has 0 atom stereocenters. The van der Waals surface area contributed by atoms with Gasteiger partial charge in [-0.3, -0.25) is 0 Å². The minimum atomic E-state index is 0.520. The third-order valence-corrected chi connectivity index (χ3v) is 3.51. The SMILES string of the molecule is CNc1nc(NN2CCN(C)CC2)c(Cl)cc1Cl. The molecule has 0 radical (unpaired) electrons. The van der Waals surface area contributed by atoms with Crippen LogP contribution >= 0.6 is 23.2 Å². The lowest BCUT2D eigenvalue weighted by molar-refractivity contribution is 0.178. The molecular formula is C11H17Cl2N5. The average Bonchev–Trinajstić information content (AvgIpc) is 2.35. The molecule has 1 saturated heterocycles. The number of hydrogen-bond acceptors (Lipinski definition) is 5. The van der Waals surface area contributed by atoms with Crippen molar-refractivity contribution in [2.24, 2.45) is 0 Å². The number of aromatic nitrogens is 1. The fourth-order valence-corrected chi connectivity index (χ4v) is 2.28. The molecule has 0 aliphatic carbocycles. The van der Waals surface area contributed by atoms with E-state index in [1.807, 2.05) is 0 Å². The summed E-state index contributed by atoms with van der Waals surface area (Å²) in [7, 11) is 3.89. The van der Waals surface area contributed by atoms with Crippen molar-refractivity contribution in [1.29, 1.82) is 0 Å². The van der Waals surface area contributed by atoms with Gasteiger partial charge in [-0.15, -0.1) is 0 Å². The zero-order valence-electron chi connectivity index (χ0n) is 10.5. The fraction of sp³-hybridized carbons (Fsp3) is 0.545. The van der Waals surface area contributed by atoms with Crippen LogP contribution in [0.4, 0.5) is 11.6 Å². The first-order chi connectivity index (χ1) is 8.60. The summed E-state index contributed by atoms with van der Waals surface area (Å²) < 4.78 is 0. The van der Waals surface area contributed by atoms with Gasteiger partial charge in [0.2, 0.25) is 0 Å². The van der Waals surface area contributed by atoms with E-state index < -0.39 is 0 Å². The van der Waals surface area contributed by atoms with Crippen LogP contribution in [-0.2, 0) is 0 Å². The molecule has 1 aromatic rings. The maximum Gasteiger partial charge on any atom is 0.161 e. The van der Waals surface area contributed by atoms with E-state index in [0.717, 1.165) is 26.2 Å². The maximum absolute atomic E-state index is 6.13. The highest BCUT2D eigenvalue weighted by atomic mass is 35.5. The van der Waals surface area contributed by atoms with Crippen molar-refractivity contribution >= 4 is 34.8 Å². The van der Waals surface area contributed by atoms with Gasteiger partial charge < -0.3 is 15.6 Å². The molecule has 1 fully saturated rings. The molecule has 0 amide bonds. The topological polar surface area (TPSA) is 43.4 Å². The van der Waals surface area contributed by atoms with E-state index in [-0.39, 0.29) is 0 Å². The van der Waals surface area contributed by atoms with Crippen LogP contribution < -0.4 is 10.7 Å². The van der Waals surface area contributed by atoms with Crippen LogP contribution in [0.5, 0.6) is 0 Å². The highest BCUT2D eigenvalue weighted by Gasteiger charge is 2.16. The van der Waals surface area contributed by atoms with Gasteiger partial charge in [-0.2, -0.15) is 0 Å². The summed E-state index contributed by atoms with van der Waals surface area (Å²) in [4.78, 5) is 6.65. The van der Waals surface area contributed by atoms with E-state index in [2.05, 4.69) is 32.7 Å². The molecule has 0 spiro atoms. The van der Waals surface area contributed by atoms with Crippen molar-refractivity contribution < 1.29 is 0 Å². The first kappa shape index (κ1) is 13.7. The number of piperazine rings is 1. The minimum Gasteiger partial charge on any atom is -0.372 e. The number of nitrogens with zero attached hydrogens (tertiary/aromatic N) is 3. The average molecular weight is 290 g/mol. The van der Waals surface area contributed by atoms with Crippen molar-refractivity contribution in [3.8, 4) is 0 Å². The Kier molecular flexibility index (Phi) is 4.50. The summed E-state index contributed by atoms with van der Waals surface area (Å²) in [5, 5.41) is 6.10. The Labute approximate surface area is 117 Å². The van der Waals surface area contributed by atoms with Gasteiger partial charge in [-0.05, 0) is 13.1 Å². The Bertz CT molecular complexity index is 418. The molecule has 2 rings (SSSR count). The molecular weight excluding hydrogens is 273 g/mol. The van der Waals surface area contributed by atoms with Gasteiger partial charge in [0, 0.05) is 33.2 Å². The smallest absolute Gasteiger partial charge is 0.161 e. The molecule has 0 saturated carbocycles. The summed E-state index contributed by atoms with van der Waals surface area (Å²) in [6, 6.07) is 1.69. The Morgan fingerprint density at radius 3 is 2.33 bits per heavy atom. The van der Waals surface area contributed by atoms with Crippen LogP contribution in [0, 0.1) is 0 Å². The fourth-order valence-electron chi connectivity index (χ4n) is 1.79. The van der Waals surface area contributed by atoms with E-state index in [4.69, 9.17) is 23.2 Å². The molecule has 0 aromatic carbocycles. The molecule has 0 bridgehead atoms. The number of likely N-dealkylation sites (N-methyl/N-ethyl adjacent to an activating group) is 1. The van der Waals surface area contributed by atoms with Gasteiger partial charge in [0.1, 0.15) is 5.82 Å². The number of nitrogens with one attached hydrogen (secondary N) is 2. The second kappa shape index (κ2) is 5.93. The van der Waals surface area contributed by atoms with Gasteiger partial charge in [0.25, 0.3) is 0 Å². The van der Waals surface area contributed by atoms with E-state index in [0.29, 0.717) is 21.7 Å². The Hall–Kier alpha value is -0.750. The second-order valence-electron chi connectivity index (χ2n) is 4.30. The van der Waals surface area contributed by atoms with E-state index in [1.54, 1.807) is 13.1 Å². The van der Waals surface area contributed by atoms with Crippen LogP contribution in [0.25, 0.3) is 0 Å². The zero-order chi connectivity index (χ0) is 13.1. The Balaban J connectivity index is 2.09. The zero-order valence-corrected chi connectivity index (χ0v) is 12.0. The van der Waals surface area contributed by atoms with Gasteiger partial charge in [0.15, 0.2) is 5.82 Å². The first-order valence-electron chi connectivity index (χ1n) is 5.84. The molecule has 100 valence electrons. The monoisotopic (exact) mass is 289 g/mol. The number of hydrogen-bond donors (Lipinski definition) is 2. The van der Waals surface area contributed by atoms with Crippen LogP contribution in [0.2, 0.25) is 10.0 Å². The van der Waals surface area contributed by atoms with Crippen LogP contribution in [0.1, 0.15) is 0 Å². The summed E-state index contributed by atoms with van der Waals surface area (Å²) in [6.07, 6.45) is 0. The number of halogens is 2. The molecule has 18 heavy (non-hydrogen) atoms. The summed E-state index contributed by atoms with van der Waals surface area (Å²) in [6.45, 7) is 3.92. The molecule has 0 unspecified atom stereocenters. The predicted molar refractivity (Wildman–Crippen MR) is 76.5 cm³/mol. The molecule has 2 N–H and O–H groups in total. The predicted octanol–water partition coefficient (Wildman–Crippen LogP) is 2.00. The van der Waals surface area contributed by atoms with E-state index >= 15 is 0 Å². The molecule has 5 nitrogen and oxygen atoms in total. The Morgan fingerprint density at radius 1 is 1.11 bits per heavy atom. The van der Waals surface area contributed by atoms with Crippen molar-refractivity contribution in [2.75, 3.05) is 51.0 Å². The Morgan fingerprint density at radius 2 is 1.72 bits per heavy atom. The summed E-state index contributed by atoms with van der Waals surface area (Å²) in [5.41, 5.74) is 3.24. The molecule has 1 aromatic heterocycles. The largest absolute Gasteiger partial charge is 0.372 e. The number of rotatable bonds is 3. The second-order valence-corrected chi connectivity index (χ2v) is 5.12. The summed E-state index contributed by atoms with van der Waals surface area (Å²) in [5.74, 6) is 1.26. The van der Waals surface area contributed by atoms with Crippen LogP contribution in [0.15, 0.2) is 6.07 Å². The third kappa shape index (κ3) is 3.17. The highest BCUT2D eigenvalue weighted by Crippen LogP contribution is 2.29. The van der Waals surface area contributed by atoms with Crippen LogP contribution in [-0.4, -0.2) is 55.2 Å². The van der Waals surface area contributed by atoms with Gasteiger partial charge in [-0.25, -0.2) is 9.99 Å². The van der Waals surface area contributed by atoms with E-state index in [9.17, 15) is 0 Å². The van der Waals surface area contributed by atoms with Gasteiger partial charge in [-0.1, -0.05) is 23.2 Å². The van der Waals surface area contributed by atoms with E-state index in [1.165, 1.54) is 0 Å². The van der Waals surface area contributed by atoms with Crippen molar-refractivity contribution in [2.45, 2.75) is 0 Å². The normalized spacial score (nSPS) is 17.8. The lowest BCUT2D eigenvalue weighted by Gasteiger charge is -2.32. The first-order valence-corrected chi connectivity index (χ1v) is 6.59. The lowest BCUT2D eigenvalue weighted by atomic mass is 10.4. The quantitative estimate of drug-likeness (QED) is 0.891. The highest BCUT2D eigenvalue weighted by molar-refractivity contribution is 6.37. The van der Waals surface area contributed by atoms with Crippen LogP contribution in [0.3, 0.4) is 0 Å².